The lowest BCUT2D eigenvalue weighted by atomic mass is 10.2. The Kier molecular flexibility index (Phi) is 3.61. The molecule has 0 aliphatic heterocycles. The summed E-state index contributed by atoms with van der Waals surface area (Å²) < 4.78 is 4.85. The van der Waals surface area contributed by atoms with Crippen molar-refractivity contribution in [2.45, 2.75) is 6.92 Å². The first kappa shape index (κ1) is 12.8. The summed E-state index contributed by atoms with van der Waals surface area (Å²) in [6.45, 7) is 1.99. The quantitative estimate of drug-likeness (QED) is 0.875. The minimum absolute atomic E-state index is 0.0121. The Morgan fingerprint density at radius 1 is 1.26 bits per heavy atom. The summed E-state index contributed by atoms with van der Waals surface area (Å²) >= 11 is 0. The first-order chi connectivity index (χ1) is 9.10. The number of rotatable bonds is 4. The molecule has 6 heteroatoms. The predicted octanol–water partition coefficient (Wildman–Crippen LogP) is 2.24. The van der Waals surface area contributed by atoms with E-state index >= 15 is 0 Å². The highest BCUT2D eigenvalue weighted by Gasteiger charge is 2.14. The van der Waals surface area contributed by atoms with Gasteiger partial charge in [0.1, 0.15) is 5.56 Å². The number of nitrogens with zero attached hydrogens (tertiary/aromatic N) is 2. The van der Waals surface area contributed by atoms with Crippen molar-refractivity contribution in [3.63, 3.8) is 0 Å². The first-order valence-corrected chi connectivity index (χ1v) is 5.59. The van der Waals surface area contributed by atoms with Crippen molar-refractivity contribution in [3.05, 3.63) is 41.5 Å². The molecule has 98 valence electrons. The topological polar surface area (TPSA) is 84.3 Å². The van der Waals surface area contributed by atoms with E-state index in [4.69, 9.17) is 9.84 Å². The summed E-state index contributed by atoms with van der Waals surface area (Å²) in [5.41, 5.74) is 1.91. The molecule has 1 aromatic heterocycles. The molecule has 19 heavy (non-hydrogen) atoms. The Morgan fingerprint density at radius 2 is 1.95 bits per heavy atom. The number of carbonyl (C=O) groups is 1. The summed E-state index contributed by atoms with van der Waals surface area (Å²) in [6, 6.07) is 9.02. The van der Waals surface area contributed by atoms with Crippen molar-refractivity contribution < 1.29 is 14.6 Å². The van der Waals surface area contributed by atoms with E-state index in [0.29, 0.717) is 5.82 Å². The summed E-state index contributed by atoms with van der Waals surface area (Å²) in [6.07, 6.45) is 0. The number of carboxylic acid groups (broad SMARTS) is 1. The molecule has 0 bridgehead atoms. The fraction of sp³-hybridized carbons (Fsp3) is 0.154. The van der Waals surface area contributed by atoms with E-state index in [1.165, 1.54) is 13.2 Å². The van der Waals surface area contributed by atoms with E-state index < -0.39 is 5.97 Å². The van der Waals surface area contributed by atoms with Crippen molar-refractivity contribution in [2.24, 2.45) is 0 Å². The van der Waals surface area contributed by atoms with Gasteiger partial charge in [0.25, 0.3) is 0 Å². The molecule has 2 N–H and O–H groups in total. The second-order valence-electron chi connectivity index (χ2n) is 3.95. The van der Waals surface area contributed by atoms with Crippen LogP contribution in [0.3, 0.4) is 0 Å². The van der Waals surface area contributed by atoms with Crippen LogP contribution in [0.4, 0.5) is 11.5 Å². The van der Waals surface area contributed by atoms with E-state index in [0.717, 1.165) is 11.3 Å². The number of aromatic carboxylic acids is 1. The Labute approximate surface area is 110 Å². The van der Waals surface area contributed by atoms with Crippen LogP contribution in [-0.4, -0.2) is 28.4 Å². The van der Waals surface area contributed by atoms with Gasteiger partial charge in [-0.25, -0.2) is 4.79 Å². The molecule has 0 amide bonds. The minimum Gasteiger partial charge on any atom is -0.479 e. The average molecular weight is 259 g/mol. The molecular weight excluding hydrogens is 246 g/mol. The smallest absolute Gasteiger partial charge is 0.341 e. The molecule has 0 atom stereocenters. The molecule has 0 saturated heterocycles. The number of carboxylic acids is 1. The number of anilines is 2. The molecule has 0 aliphatic rings. The van der Waals surface area contributed by atoms with E-state index in [2.05, 4.69) is 15.5 Å². The summed E-state index contributed by atoms with van der Waals surface area (Å²) in [5, 5.41) is 19.6. The van der Waals surface area contributed by atoms with E-state index in [1.54, 1.807) is 0 Å². The lowest BCUT2D eigenvalue weighted by Crippen LogP contribution is -2.06. The van der Waals surface area contributed by atoms with Crippen molar-refractivity contribution in [2.75, 3.05) is 12.4 Å². The zero-order valence-corrected chi connectivity index (χ0v) is 10.5. The maximum Gasteiger partial charge on any atom is 0.341 e. The third-order valence-corrected chi connectivity index (χ3v) is 2.51. The van der Waals surface area contributed by atoms with E-state index in [9.17, 15) is 4.79 Å². The van der Waals surface area contributed by atoms with E-state index in [-0.39, 0.29) is 11.4 Å². The Morgan fingerprint density at radius 3 is 2.53 bits per heavy atom. The maximum absolute atomic E-state index is 11.1. The summed E-state index contributed by atoms with van der Waals surface area (Å²) in [5.74, 6) is -0.775. The number of benzene rings is 1. The van der Waals surface area contributed by atoms with Gasteiger partial charge in [-0.3, -0.25) is 0 Å². The summed E-state index contributed by atoms with van der Waals surface area (Å²) in [7, 11) is 1.35. The first-order valence-electron chi connectivity index (χ1n) is 5.59. The van der Waals surface area contributed by atoms with Crippen molar-refractivity contribution in [3.8, 4) is 5.88 Å². The Bertz CT molecular complexity index is 597. The number of methoxy groups -OCH3 is 1. The van der Waals surface area contributed by atoms with Gasteiger partial charge >= 0.3 is 5.97 Å². The summed E-state index contributed by atoms with van der Waals surface area (Å²) in [4.78, 5) is 11.1. The zero-order chi connectivity index (χ0) is 13.8. The normalized spacial score (nSPS) is 10.0. The van der Waals surface area contributed by atoms with Crippen molar-refractivity contribution >= 4 is 17.5 Å². The molecule has 6 nitrogen and oxygen atoms in total. The van der Waals surface area contributed by atoms with Crippen LogP contribution in [0.2, 0.25) is 0 Å². The highest BCUT2D eigenvalue weighted by Crippen LogP contribution is 2.20. The zero-order valence-electron chi connectivity index (χ0n) is 10.5. The monoisotopic (exact) mass is 259 g/mol. The maximum atomic E-state index is 11.1. The van der Waals surface area contributed by atoms with Gasteiger partial charge in [-0.2, -0.15) is 0 Å². The van der Waals surface area contributed by atoms with Crippen LogP contribution < -0.4 is 10.1 Å². The van der Waals surface area contributed by atoms with Crippen molar-refractivity contribution in [1.82, 2.24) is 10.2 Å². The van der Waals surface area contributed by atoms with Gasteiger partial charge in [0.05, 0.1) is 7.11 Å². The van der Waals surface area contributed by atoms with E-state index in [1.807, 2.05) is 31.2 Å². The number of aryl methyl sites for hydroxylation is 1. The third kappa shape index (κ3) is 2.98. The lowest BCUT2D eigenvalue weighted by molar-refractivity contribution is 0.0692. The molecule has 0 radical (unpaired) electrons. The van der Waals surface area contributed by atoms with Crippen LogP contribution in [0.5, 0.6) is 5.88 Å². The number of hydrogen-bond donors (Lipinski definition) is 2. The number of nitrogens with one attached hydrogen (secondary N) is 1. The fourth-order valence-corrected chi connectivity index (χ4v) is 1.53. The number of aromatic nitrogens is 2. The molecule has 2 rings (SSSR count). The van der Waals surface area contributed by atoms with Gasteiger partial charge < -0.3 is 15.2 Å². The average Bonchev–Trinajstić information content (AvgIpc) is 2.41. The third-order valence-electron chi connectivity index (χ3n) is 2.51. The molecule has 0 saturated carbocycles. The van der Waals surface area contributed by atoms with Gasteiger partial charge in [-0.15, -0.1) is 10.2 Å². The molecule has 0 unspecified atom stereocenters. The van der Waals surface area contributed by atoms with Gasteiger partial charge in [-0.05, 0) is 19.1 Å². The van der Waals surface area contributed by atoms with Crippen molar-refractivity contribution in [1.29, 1.82) is 0 Å². The predicted molar refractivity (Wildman–Crippen MR) is 70.0 cm³/mol. The largest absolute Gasteiger partial charge is 0.479 e. The highest BCUT2D eigenvalue weighted by atomic mass is 16.5. The van der Waals surface area contributed by atoms with Crippen LogP contribution in [0, 0.1) is 6.92 Å². The van der Waals surface area contributed by atoms with Crippen LogP contribution in [0.25, 0.3) is 0 Å². The molecule has 0 aliphatic carbocycles. The molecule has 0 spiro atoms. The molecule has 1 heterocycles. The lowest BCUT2D eigenvalue weighted by Gasteiger charge is -2.08. The Balaban J connectivity index is 2.28. The minimum atomic E-state index is -1.11. The second kappa shape index (κ2) is 5.34. The molecular formula is C13H13N3O3. The standard InChI is InChI=1S/C13H13N3O3/c1-8-3-5-9(6-4-8)14-11-7-10(13(17)18)12(19-2)16-15-11/h3-7H,1-2H3,(H,14,15)(H,17,18). The van der Waals surface area contributed by atoms with Gasteiger partial charge in [0.15, 0.2) is 5.82 Å². The van der Waals surface area contributed by atoms with Crippen LogP contribution in [0.1, 0.15) is 15.9 Å². The SMILES string of the molecule is COc1nnc(Nc2ccc(C)cc2)cc1C(=O)O. The molecule has 1 aromatic carbocycles. The highest BCUT2D eigenvalue weighted by molar-refractivity contribution is 5.91. The number of hydrogen-bond acceptors (Lipinski definition) is 5. The van der Waals surface area contributed by atoms with Crippen LogP contribution in [0.15, 0.2) is 30.3 Å². The molecule has 2 aromatic rings. The van der Waals surface area contributed by atoms with Crippen LogP contribution >= 0.6 is 0 Å². The van der Waals surface area contributed by atoms with Gasteiger partial charge in [0.2, 0.25) is 5.88 Å². The molecule has 0 fully saturated rings. The Hall–Kier alpha value is -2.63. The fourth-order valence-electron chi connectivity index (χ4n) is 1.53. The number of ether oxygens (including phenoxy) is 1. The van der Waals surface area contributed by atoms with Gasteiger partial charge in [-0.1, -0.05) is 17.7 Å². The van der Waals surface area contributed by atoms with Gasteiger partial charge in [0, 0.05) is 11.8 Å². The van der Waals surface area contributed by atoms with Crippen LogP contribution in [-0.2, 0) is 0 Å². The second-order valence-corrected chi connectivity index (χ2v) is 3.95.